The van der Waals surface area contributed by atoms with E-state index in [1.165, 1.54) is 44.9 Å². The number of hydrogen-bond donors (Lipinski definition) is 1. The molecule has 1 fully saturated rings. The molecule has 1 unspecified atom stereocenters. The van der Waals surface area contributed by atoms with E-state index in [1.54, 1.807) is 12.1 Å². The Bertz CT molecular complexity index is 553. The highest BCUT2D eigenvalue weighted by Gasteiger charge is 2.26. The molecule has 0 aliphatic heterocycles. The third-order valence-corrected chi connectivity index (χ3v) is 4.99. The molecule has 2 rings (SSSR count). The van der Waals surface area contributed by atoms with Crippen molar-refractivity contribution in [1.29, 1.82) is 0 Å². The molecular weight excluding hydrogens is 326 g/mol. The first-order valence-corrected chi connectivity index (χ1v) is 10.3. The van der Waals surface area contributed by atoms with E-state index in [-0.39, 0.29) is 17.7 Å². The topological polar surface area (TPSA) is 55.4 Å². The van der Waals surface area contributed by atoms with Crippen LogP contribution in [0.3, 0.4) is 0 Å². The fourth-order valence-corrected chi connectivity index (χ4v) is 3.34. The molecule has 1 atom stereocenters. The van der Waals surface area contributed by atoms with Gasteiger partial charge in [0, 0.05) is 12.0 Å². The van der Waals surface area contributed by atoms with Crippen LogP contribution in [0.2, 0.25) is 0 Å². The van der Waals surface area contributed by atoms with Crippen molar-refractivity contribution in [2.45, 2.75) is 83.6 Å². The Labute approximate surface area is 157 Å². The second-order valence-electron chi connectivity index (χ2n) is 7.23. The molecule has 1 aromatic carbocycles. The fourth-order valence-electron chi connectivity index (χ4n) is 3.34. The van der Waals surface area contributed by atoms with Crippen LogP contribution in [0.4, 0.5) is 0 Å². The van der Waals surface area contributed by atoms with E-state index < -0.39 is 0 Å². The van der Waals surface area contributed by atoms with Gasteiger partial charge in [0.2, 0.25) is 0 Å². The van der Waals surface area contributed by atoms with Gasteiger partial charge in [-0.15, -0.1) is 0 Å². The van der Waals surface area contributed by atoms with Gasteiger partial charge in [-0.1, -0.05) is 51.9 Å². The summed E-state index contributed by atoms with van der Waals surface area (Å²) in [5.74, 6) is 0.755. The zero-order valence-corrected chi connectivity index (χ0v) is 16.1. The van der Waals surface area contributed by atoms with Gasteiger partial charge in [0.25, 0.3) is 5.91 Å². The summed E-state index contributed by atoms with van der Waals surface area (Å²) < 4.78 is 5.75. The Morgan fingerprint density at radius 1 is 1.04 bits per heavy atom. The average molecular weight is 360 g/mol. The highest BCUT2D eigenvalue weighted by Crippen LogP contribution is 2.17. The SMILES string of the molecule is CCCCCCCCCCOc1ccc(C(=O)NC2CCCC2=O)cc1. The first-order valence-electron chi connectivity index (χ1n) is 10.3. The second-order valence-corrected chi connectivity index (χ2v) is 7.23. The lowest BCUT2D eigenvalue weighted by molar-refractivity contribution is -0.118. The molecule has 1 aromatic rings. The Hall–Kier alpha value is -1.84. The molecule has 144 valence electrons. The number of ether oxygens (including phenoxy) is 1. The third kappa shape index (κ3) is 7.19. The number of amides is 1. The highest BCUT2D eigenvalue weighted by atomic mass is 16.5. The number of nitrogens with one attached hydrogen (secondary N) is 1. The predicted octanol–water partition coefficient (Wildman–Crippen LogP) is 5.06. The summed E-state index contributed by atoms with van der Waals surface area (Å²) in [6.45, 7) is 2.96. The maximum Gasteiger partial charge on any atom is 0.251 e. The van der Waals surface area contributed by atoms with Gasteiger partial charge >= 0.3 is 0 Å². The molecular formula is C22H33NO3. The van der Waals surface area contributed by atoms with Crippen LogP contribution in [-0.4, -0.2) is 24.3 Å². The lowest BCUT2D eigenvalue weighted by atomic mass is 10.1. The molecule has 1 amide bonds. The molecule has 0 aromatic heterocycles. The number of unbranched alkanes of at least 4 members (excludes halogenated alkanes) is 7. The van der Waals surface area contributed by atoms with Crippen molar-refractivity contribution in [3.8, 4) is 5.75 Å². The zero-order chi connectivity index (χ0) is 18.6. The monoisotopic (exact) mass is 359 g/mol. The number of rotatable bonds is 12. The number of ketones is 1. The average Bonchev–Trinajstić information content (AvgIpc) is 3.05. The number of carbonyl (C=O) groups excluding carboxylic acids is 2. The lowest BCUT2D eigenvalue weighted by Crippen LogP contribution is -2.37. The summed E-state index contributed by atoms with van der Waals surface area (Å²) in [5.41, 5.74) is 0.573. The Morgan fingerprint density at radius 3 is 2.31 bits per heavy atom. The second kappa shape index (κ2) is 11.7. The summed E-state index contributed by atoms with van der Waals surface area (Å²) in [5, 5.41) is 2.82. The molecule has 1 saturated carbocycles. The summed E-state index contributed by atoms with van der Waals surface area (Å²) in [7, 11) is 0. The lowest BCUT2D eigenvalue weighted by Gasteiger charge is -2.11. The quantitative estimate of drug-likeness (QED) is 0.531. The number of carbonyl (C=O) groups is 2. The van der Waals surface area contributed by atoms with Gasteiger partial charge in [-0.3, -0.25) is 9.59 Å². The van der Waals surface area contributed by atoms with E-state index in [1.807, 2.05) is 12.1 Å². The molecule has 1 aliphatic carbocycles. The molecule has 1 N–H and O–H groups in total. The van der Waals surface area contributed by atoms with Crippen LogP contribution in [0.25, 0.3) is 0 Å². The van der Waals surface area contributed by atoms with Crippen molar-refractivity contribution in [2.75, 3.05) is 6.61 Å². The Kier molecular flexibility index (Phi) is 9.22. The van der Waals surface area contributed by atoms with E-state index in [9.17, 15) is 9.59 Å². The summed E-state index contributed by atoms with van der Waals surface area (Å²) in [4.78, 5) is 23.8. The van der Waals surface area contributed by atoms with Crippen LogP contribution >= 0.6 is 0 Å². The molecule has 0 radical (unpaired) electrons. The molecule has 4 nitrogen and oxygen atoms in total. The summed E-state index contributed by atoms with van der Waals surface area (Å²) in [6.07, 6.45) is 12.5. The standard InChI is InChI=1S/C22H33NO3/c1-2-3-4-5-6-7-8-9-17-26-19-15-13-18(14-16-19)22(25)23-20-11-10-12-21(20)24/h13-16,20H,2-12,17H2,1H3,(H,23,25). The molecule has 4 heteroatoms. The van der Waals surface area contributed by atoms with Crippen molar-refractivity contribution in [3.63, 3.8) is 0 Å². The minimum absolute atomic E-state index is 0.142. The first kappa shape index (κ1) is 20.5. The summed E-state index contributed by atoms with van der Waals surface area (Å²) in [6, 6.07) is 6.88. The van der Waals surface area contributed by atoms with Gasteiger partial charge in [-0.25, -0.2) is 0 Å². The van der Waals surface area contributed by atoms with E-state index in [4.69, 9.17) is 4.74 Å². The van der Waals surface area contributed by atoms with Crippen LogP contribution in [-0.2, 0) is 4.79 Å². The van der Waals surface area contributed by atoms with Gasteiger partial charge in [0.15, 0.2) is 5.78 Å². The van der Waals surface area contributed by atoms with Crippen LogP contribution in [0, 0.1) is 0 Å². The molecule has 0 spiro atoms. The first-order chi connectivity index (χ1) is 12.7. The number of hydrogen-bond acceptors (Lipinski definition) is 3. The predicted molar refractivity (Wildman–Crippen MR) is 105 cm³/mol. The van der Waals surface area contributed by atoms with E-state index >= 15 is 0 Å². The van der Waals surface area contributed by atoms with Crippen LogP contribution in [0.15, 0.2) is 24.3 Å². The molecule has 0 saturated heterocycles. The van der Waals surface area contributed by atoms with Crippen molar-refractivity contribution in [2.24, 2.45) is 0 Å². The normalized spacial score (nSPS) is 16.7. The molecule has 0 bridgehead atoms. The zero-order valence-electron chi connectivity index (χ0n) is 16.1. The Morgan fingerprint density at radius 2 is 1.69 bits per heavy atom. The van der Waals surface area contributed by atoms with Crippen LogP contribution in [0.5, 0.6) is 5.75 Å². The fraction of sp³-hybridized carbons (Fsp3) is 0.636. The van der Waals surface area contributed by atoms with Crippen molar-refractivity contribution >= 4 is 11.7 Å². The van der Waals surface area contributed by atoms with Gasteiger partial charge in [0.1, 0.15) is 5.75 Å². The van der Waals surface area contributed by atoms with Gasteiger partial charge < -0.3 is 10.1 Å². The Balaban J connectivity index is 1.60. The van der Waals surface area contributed by atoms with Crippen molar-refractivity contribution in [3.05, 3.63) is 29.8 Å². The summed E-state index contributed by atoms with van der Waals surface area (Å²) >= 11 is 0. The maximum absolute atomic E-state index is 12.2. The molecule has 1 aliphatic rings. The van der Waals surface area contributed by atoms with E-state index in [0.717, 1.165) is 31.6 Å². The maximum atomic E-state index is 12.2. The van der Waals surface area contributed by atoms with E-state index in [2.05, 4.69) is 12.2 Å². The highest BCUT2D eigenvalue weighted by molar-refractivity contribution is 5.98. The van der Waals surface area contributed by atoms with Gasteiger partial charge in [-0.2, -0.15) is 0 Å². The van der Waals surface area contributed by atoms with E-state index in [0.29, 0.717) is 12.0 Å². The minimum atomic E-state index is -0.305. The van der Waals surface area contributed by atoms with Gasteiger partial charge in [0.05, 0.1) is 12.6 Å². The van der Waals surface area contributed by atoms with Gasteiger partial charge in [-0.05, 0) is 43.5 Å². The smallest absolute Gasteiger partial charge is 0.251 e. The minimum Gasteiger partial charge on any atom is -0.494 e. The van der Waals surface area contributed by atoms with Crippen LogP contribution < -0.4 is 10.1 Å². The third-order valence-electron chi connectivity index (χ3n) is 4.99. The van der Waals surface area contributed by atoms with Crippen LogP contribution in [0.1, 0.15) is 87.9 Å². The number of Topliss-reactive ketones (excluding diaryl/α,β-unsaturated/α-hetero) is 1. The molecule has 0 heterocycles. The number of benzene rings is 1. The molecule has 26 heavy (non-hydrogen) atoms. The van der Waals surface area contributed by atoms with Crippen molar-refractivity contribution < 1.29 is 14.3 Å². The van der Waals surface area contributed by atoms with Crippen molar-refractivity contribution in [1.82, 2.24) is 5.32 Å². The largest absolute Gasteiger partial charge is 0.494 e.